The third-order valence-corrected chi connectivity index (χ3v) is 1.28. The zero-order chi connectivity index (χ0) is 7.68. The second kappa shape index (κ2) is 2.17. The van der Waals surface area contributed by atoms with Crippen molar-refractivity contribution in [2.24, 2.45) is 15.0 Å². The zero-order valence-corrected chi connectivity index (χ0v) is 5.39. The van der Waals surface area contributed by atoms with E-state index in [9.17, 15) is 0 Å². The zero-order valence-electron chi connectivity index (χ0n) is 5.39. The molecular weight excluding hydrogens is 146 g/mol. The van der Waals surface area contributed by atoms with Gasteiger partial charge >= 0.3 is 0 Å². The van der Waals surface area contributed by atoms with Gasteiger partial charge in [-0.3, -0.25) is 10.7 Å². The number of nitrogens with zero attached hydrogens (tertiary/aromatic N) is 4. The quantitative estimate of drug-likeness (QED) is 0.480. The van der Waals surface area contributed by atoms with Crippen LogP contribution in [-0.2, 0) is 0 Å². The monoisotopic (exact) mass is 150 g/mol. The maximum atomic E-state index is 8.55. The van der Waals surface area contributed by atoms with Gasteiger partial charge in [-0.2, -0.15) is 0 Å². The van der Waals surface area contributed by atoms with E-state index in [1.54, 1.807) is 0 Å². The Bertz CT molecular complexity index is 300. The van der Waals surface area contributed by atoms with Gasteiger partial charge in [0.2, 0.25) is 0 Å². The molecular formula is C5H4N5O. The van der Waals surface area contributed by atoms with Crippen LogP contribution in [0.15, 0.2) is 26.5 Å². The van der Waals surface area contributed by atoms with Gasteiger partial charge in [-0.05, 0) is 0 Å². The van der Waals surface area contributed by atoms with Crippen LogP contribution in [0.1, 0.15) is 0 Å². The van der Waals surface area contributed by atoms with Crippen molar-refractivity contribution in [1.29, 1.82) is 0 Å². The Kier molecular flexibility index (Phi) is 1.19. The molecule has 6 heteroatoms. The van der Waals surface area contributed by atoms with E-state index in [2.05, 4.69) is 20.3 Å². The van der Waals surface area contributed by atoms with E-state index >= 15 is 0 Å². The molecule has 11 heavy (non-hydrogen) atoms. The molecule has 0 spiro atoms. The Labute approximate surface area is 62.0 Å². The molecule has 2 aliphatic heterocycles. The molecule has 0 aliphatic carbocycles. The van der Waals surface area contributed by atoms with Crippen molar-refractivity contribution in [3.63, 3.8) is 0 Å². The molecule has 0 unspecified atom stereocenters. The number of hydrogen-bond donors (Lipinski definition) is 2. The van der Waals surface area contributed by atoms with Gasteiger partial charge in [0.1, 0.15) is 12.7 Å². The highest BCUT2D eigenvalue weighted by molar-refractivity contribution is 6.11. The number of hydroxylamine groups is 1. The Morgan fingerprint density at radius 1 is 1.27 bits per heavy atom. The summed E-state index contributed by atoms with van der Waals surface area (Å²) < 4.78 is 0. The molecule has 0 saturated carbocycles. The summed E-state index contributed by atoms with van der Waals surface area (Å²) in [4.78, 5) is 11.4. The summed E-state index contributed by atoms with van der Waals surface area (Å²) in [5, 5.41) is 12.4. The highest BCUT2D eigenvalue weighted by Gasteiger charge is 2.19. The van der Waals surface area contributed by atoms with Gasteiger partial charge in [0.15, 0.2) is 17.4 Å². The van der Waals surface area contributed by atoms with E-state index in [0.717, 1.165) is 0 Å². The van der Waals surface area contributed by atoms with Crippen molar-refractivity contribution in [2.45, 2.75) is 0 Å². The second-order valence-corrected chi connectivity index (χ2v) is 1.88. The lowest BCUT2D eigenvalue weighted by Gasteiger charge is -2.07. The van der Waals surface area contributed by atoms with E-state index in [1.807, 2.05) is 5.48 Å². The van der Waals surface area contributed by atoms with Gasteiger partial charge in [0.25, 0.3) is 0 Å². The Morgan fingerprint density at radius 2 is 2.18 bits per heavy atom. The maximum Gasteiger partial charge on any atom is 0.185 e. The van der Waals surface area contributed by atoms with Crippen LogP contribution in [0.25, 0.3) is 0 Å². The minimum Gasteiger partial charge on any atom is -0.290 e. The van der Waals surface area contributed by atoms with E-state index in [4.69, 9.17) is 5.21 Å². The van der Waals surface area contributed by atoms with Crippen molar-refractivity contribution in [3.8, 4) is 0 Å². The van der Waals surface area contributed by atoms with Crippen LogP contribution in [0.5, 0.6) is 0 Å². The fourth-order valence-corrected chi connectivity index (χ4v) is 0.806. The SMILES string of the molecule is ONC1=C2N=CN=C2[N]C=N1. The number of amidine groups is 1. The molecule has 1 radical (unpaired) electrons. The van der Waals surface area contributed by atoms with Crippen LogP contribution >= 0.6 is 0 Å². The molecule has 6 nitrogen and oxygen atoms in total. The Balaban J connectivity index is 2.46. The summed E-state index contributed by atoms with van der Waals surface area (Å²) in [5.74, 6) is 0.740. The molecule has 0 fully saturated rings. The van der Waals surface area contributed by atoms with Crippen LogP contribution in [0.3, 0.4) is 0 Å². The van der Waals surface area contributed by atoms with E-state index in [0.29, 0.717) is 11.5 Å². The first-order chi connectivity index (χ1) is 5.42. The highest BCUT2D eigenvalue weighted by atomic mass is 16.5. The van der Waals surface area contributed by atoms with Crippen LogP contribution in [-0.4, -0.2) is 23.7 Å². The Morgan fingerprint density at radius 3 is 3.00 bits per heavy atom. The lowest BCUT2D eigenvalue weighted by atomic mass is 10.4. The largest absolute Gasteiger partial charge is 0.290 e. The van der Waals surface area contributed by atoms with Crippen molar-refractivity contribution in [3.05, 3.63) is 11.5 Å². The van der Waals surface area contributed by atoms with Gasteiger partial charge in [-0.1, -0.05) is 0 Å². The molecule has 2 aliphatic rings. The van der Waals surface area contributed by atoms with E-state index in [1.165, 1.54) is 12.7 Å². The molecule has 0 saturated heterocycles. The van der Waals surface area contributed by atoms with Crippen molar-refractivity contribution in [2.75, 3.05) is 0 Å². The lowest BCUT2D eigenvalue weighted by molar-refractivity contribution is 0.198. The summed E-state index contributed by atoms with van der Waals surface area (Å²) in [6.45, 7) is 0. The number of hydrogen-bond acceptors (Lipinski definition) is 5. The molecule has 55 valence electrons. The van der Waals surface area contributed by atoms with E-state index in [-0.39, 0.29) is 5.82 Å². The number of nitrogens with one attached hydrogen (secondary N) is 1. The van der Waals surface area contributed by atoms with Crippen LogP contribution in [0.2, 0.25) is 0 Å². The fourth-order valence-electron chi connectivity index (χ4n) is 0.806. The molecule has 0 bridgehead atoms. The third-order valence-electron chi connectivity index (χ3n) is 1.28. The predicted molar refractivity (Wildman–Crippen MR) is 38.5 cm³/mol. The standard InChI is InChI=1S/C5H4N5O/c11-10-5-3-4(7-1-6-3)8-2-9-5/h1-2,10-11H. The number of aliphatic imine (C=N–C) groups is 3. The fraction of sp³-hybridized carbons (Fsp3) is 0. The van der Waals surface area contributed by atoms with Gasteiger partial charge in [0, 0.05) is 0 Å². The van der Waals surface area contributed by atoms with Gasteiger partial charge in [-0.15, -0.1) is 0 Å². The average molecular weight is 150 g/mol. The van der Waals surface area contributed by atoms with Gasteiger partial charge in [-0.25, -0.2) is 20.3 Å². The normalized spacial score (nSPS) is 19.5. The lowest BCUT2D eigenvalue weighted by Crippen LogP contribution is -2.23. The van der Waals surface area contributed by atoms with Crippen molar-refractivity contribution < 1.29 is 5.21 Å². The van der Waals surface area contributed by atoms with Crippen molar-refractivity contribution >= 4 is 18.5 Å². The van der Waals surface area contributed by atoms with Gasteiger partial charge in [0.05, 0.1) is 0 Å². The van der Waals surface area contributed by atoms with Crippen LogP contribution in [0.4, 0.5) is 0 Å². The summed E-state index contributed by atoms with van der Waals surface area (Å²) in [7, 11) is 0. The minimum atomic E-state index is 0.271. The summed E-state index contributed by atoms with van der Waals surface area (Å²) in [6, 6.07) is 0. The molecule has 0 atom stereocenters. The molecule has 2 rings (SSSR count). The average Bonchev–Trinajstić information content (AvgIpc) is 2.50. The summed E-state index contributed by atoms with van der Waals surface area (Å²) >= 11 is 0. The number of fused-ring (bicyclic) bond motifs is 1. The topological polar surface area (TPSA) is 83.4 Å². The molecule has 2 N–H and O–H groups in total. The summed E-state index contributed by atoms with van der Waals surface area (Å²) in [6.07, 6.45) is 2.66. The maximum absolute atomic E-state index is 8.55. The first-order valence-electron chi connectivity index (χ1n) is 2.90. The summed E-state index contributed by atoms with van der Waals surface area (Å²) in [5.41, 5.74) is 2.37. The first kappa shape index (κ1) is 6.05. The molecule has 0 amide bonds. The highest BCUT2D eigenvalue weighted by Crippen LogP contribution is 2.12. The van der Waals surface area contributed by atoms with Crippen LogP contribution in [0, 0.1) is 0 Å². The smallest absolute Gasteiger partial charge is 0.185 e. The third kappa shape index (κ3) is 0.802. The van der Waals surface area contributed by atoms with Crippen LogP contribution < -0.4 is 10.8 Å². The predicted octanol–water partition coefficient (Wildman–Crippen LogP) is -0.779. The molecule has 0 aromatic rings. The number of rotatable bonds is 1. The van der Waals surface area contributed by atoms with Crippen molar-refractivity contribution in [1.82, 2.24) is 10.8 Å². The molecule has 2 heterocycles. The van der Waals surface area contributed by atoms with E-state index < -0.39 is 0 Å². The minimum absolute atomic E-state index is 0.271. The van der Waals surface area contributed by atoms with Gasteiger partial charge < -0.3 is 0 Å². The molecule has 0 aromatic heterocycles. The second-order valence-electron chi connectivity index (χ2n) is 1.88. The first-order valence-corrected chi connectivity index (χ1v) is 2.90. The Hall–Kier alpha value is -1.69. The molecule has 0 aromatic carbocycles.